The average Bonchev–Trinajstić information content (AvgIpc) is 3.56. The molecule has 0 saturated heterocycles. The molecule has 8 rings (SSSR count). The predicted molar refractivity (Wildman–Crippen MR) is 134 cm³/mol. The highest BCUT2D eigenvalue weighted by molar-refractivity contribution is 6.31. The van der Waals surface area contributed by atoms with Crippen LogP contribution in [0.3, 0.4) is 0 Å². The molecular formula is C28H24N4O3. The summed E-state index contributed by atoms with van der Waals surface area (Å²) in [5.41, 5.74) is 12.0. The Morgan fingerprint density at radius 3 is 2.46 bits per heavy atom. The van der Waals surface area contributed by atoms with E-state index >= 15 is 0 Å². The van der Waals surface area contributed by atoms with Gasteiger partial charge in [-0.2, -0.15) is 0 Å². The summed E-state index contributed by atoms with van der Waals surface area (Å²) in [6.07, 6.45) is 1.21. The predicted octanol–water partition coefficient (Wildman–Crippen LogP) is 4.30. The van der Waals surface area contributed by atoms with Gasteiger partial charge in [-0.3, -0.25) is 4.79 Å². The molecule has 174 valence electrons. The Morgan fingerprint density at radius 2 is 1.71 bits per heavy atom. The summed E-state index contributed by atoms with van der Waals surface area (Å²) in [6, 6.07) is 16.3. The molecule has 1 aliphatic carbocycles. The number of nitrogens with zero attached hydrogens (tertiary/aromatic N) is 2. The highest BCUT2D eigenvalue weighted by atomic mass is 16.5. The molecule has 1 saturated carbocycles. The number of nitrogens with two attached hydrogens (primary N) is 1. The van der Waals surface area contributed by atoms with Gasteiger partial charge in [0, 0.05) is 45.2 Å². The maximum Gasteiger partial charge on any atom is 0.328 e. The van der Waals surface area contributed by atoms with E-state index in [1.807, 2.05) is 31.2 Å². The van der Waals surface area contributed by atoms with Crippen molar-refractivity contribution in [2.75, 3.05) is 6.61 Å². The largest absolute Gasteiger partial charge is 0.465 e. The number of esters is 1. The molecule has 2 aliphatic heterocycles. The number of para-hydroxylation sites is 2. The number of amides is 1. The van der Waals surface area contributed by atoms with Crippen molar-refractivity contribution in [3.8, 4) is 0 Å². The summed E-state index contributed by atoms with van der Waals surface area (Å²) in [7, 11) is 0. The van der Waals surface area contributed by atoms with Crippen LogP contribution in [-0.4, -0.2) is 33.2 Å². The first-order valence-corrected chi connectivity index (χ1v) is 12.3. The van der Waals surface area contributed by atoms with Crippen molar-refractivity contribution >= 4 is 55.5 Å². The summed E-state index contributed by atoms with van der Waals surface area (Å²) in [5.74, 6) is -0.358. The summed E-state index contributed by atoms with van der Waals surface area (Å²) in [5, 5.41) is 7.34. The number of hydrogen-bond donors (Lipinski definition) is 2. The van der Waals surface area contributed by atoms with E-state index in [9.17, 15) is 9.59 Å². The number of ether oxygens (including phenoxy) is 1. The van der Waals surface area contributed by atoms with E-state index in [1.54, 1.807) is 0 Å². The zero-order valence-electron chi connectivity index (χ0n) is 19.3. The zero-order chi connectivity index (χ0) is 23.6. The Morgan fingerprint density at radius 1 is 1.06 bits per heavy atom. The first kappa shape index (κ1) is 19.5. The molecule has 7 heteroatoms. The molecule has 4 heterocycles. The number of aromatic nitrogens is 2. The quantitative estimate of drug-likeness (QED) is 0.381. The third kappa shape index (κ3) is 2.08. The number of rotatable bonds is 2. The molecule has 0 spiro atoms. The molecule has 1 amide bonds. The zero-order valence-corrected chi connectivity index (χ0v) is 19.3. The van der Waals surface area contributed by atoms with Gasteiger partial charge in [-0.1, -0.05) is 36.4 Å². The van der Waals surface area contributed by atoms with E-state index in [1.165, 1.54) is 0 Å². The molecule has 2 unspecified atom stereocenters. The second kappa shape index (κ2) is 6.23. The fraction of sp³-hybridized carbons (Fsp3) is 0.286. The van der Waals surface area contributed by atoms with Gasteiger partial charge in [0.25, 0.3) is 5.91 Å². The van der Waals surface area contributed by atoms with Gasteiger partial charge in [-0.05, 0) is 37.5 Å². The van der Waals surface area contributed by atoms with Gasteiger partial charge in [0.15, 0.2) is 0 Å². The fourth-order valence-electron chi connectivity index (χ4n) is 7.31. The number of fused-ring (bicyclic) bond motifs is 13. The summed E-state index contributed by atoms with van der Waals surface area (Å²) >= 11 is 0. The van der Waals surface area contributed by atoms with Crippen LogP contribution < -0.4 is 11.1 Å². The summed E-state index contributed by atoms with van der Waals surface area (Å²) in [4.78, 5) is 26.6. The maximum absolute atomic E-state index is 13.4. The Bertz CT molecular complexity index is 1790. The van der Waals surface area contributed by atoms with Gasteiger partial charge < -0.3 is 24.9 Å². The molecule has 3 atom stereocenters. The van der Waals surface area contributed by atoms with Crippen LogP contribution in [0, 0.1) is 0 Å². The number of nitrogens with one attached hydrogen (secondary N) is 1. The average molecular weight is 465 g/mol. The first-order chi connectivity index (χ1) is 17.0. The van der Waals surface area contributed by atoms with Crippen molar-refractivity contribution in [3.63, 3.8) is 0 Å². The highest BCUT2D eigenvalue weighted by Crippen LogP contribution is 2.56. The Hall–Kier alpha value is -3.84. The summed E-state index contributed by atoms with van der Waals surface area (Å²) in [6.45, 7) is 2.61. The second-order valence-corrected chi connectivity index (χ2v) is 10.1. The normalized spacial score (nSPS) is 24.6. The van der Waals surface area contributed by atoms with Crippen LogP contribution in [0.2, 0.25) is 0 Å². The van der Waals surface area contributed by atoms with Gasteiger partial charge in [0.2, 0.25) is 0 Å². The molecule has 5 aromatic rings. The van der Waals surface area contributed by atoms with E-state index in [-0.39, 0.29) is 24.0 Å². The van der Waals surface area contributed by atoms with Crippen LogP contribution in [0.15, 0.2) is 48.5 Å². The SMILES string of the molecule is CCOC(=O)[C@]1(N)CC2CC1n1c3ccccc3c3c4c(c5c6ccccc6n2c5c31)C(=O)NC4. The van der Waals surface area contributed by atoms with E-state index in [4.69, 9.17) is 10.5 Å². The lowest BCUT2D eigenvalue weighted by atomic mass is 9.93. The van der Waals surface area contributed by atoms with Crippen molar-refractivity contribution in [1.29, 1.82) is 0 Å². The standard InChI is InChI=1S/C28H24N4O3/c1-2-35-27(34)28(29)12-14-11-20(28)32-19-10-6-3-7-15(19)21-17-13-30-26(33)23(17)22-16-8-4-5-9-18(16)31(14)25(22)24(21)32/h3-10,14,20H,2,11-13,29H2,1H3,(H,30,33)/t14?,20?,28-/m0/s1. The highest BCUT2D eigenvalue weighted by Gasteiger charge is 2.55. The van der Waals surface area contributed by atoms with Crippen LogP contribution in [0.4, 0.5) is 0 Å². The van der Waals surface area contributed by atoms with Gasteiger partial charge >= 0.3 is 5.97 Å². The van der Waals surface area contributed by atoms with Crippen molar-refractivity contribution in [1.82, 2.24) is 14.5 Å². The molecule has 3 aromatic carbocycles. The Balaban J connectivity index is 1.66. The van der Waals surface area contributed by atoms with Gasteiger partial charge in [-0.15, -0.1) is 0 Å². The molecule has 1 fully saturated rings. The van der Waals surface area contributed by atoms with E-state index in [0.717, 1.165) is 61.2 Å². The molecule has 7 nitrogen and oxygen atoms in total. The first-order valence-electron chi connectivity index (χ1n) is 12.3. The Labute approximate surface area is 200 Å². The van der Waals surface area contributed by atoms with Gasteiger partial charge in [0.05, 0.1) is 29.2 Å². The number of benzene rings is 3. The smallest absolute Gasteiger partial charge is 0.328 e. The monoisotopic (exact) mass is 464 g/mol. The Kier molecular flexibility index (Phi) is 3.46. The third-order valence-electron chi connectivity index (χ3n) is 8.55. The van der Waals surface area contributed by atoms with Crippen molar-refractivity contribution < 1.29 is 14.3 Å². The minimum Gasteiger partial charge on any atom is -0.465 e. The third-order valence-corrected chi connectivity index (χ3v) is 8.55. The van der Waals surface area contributed by atoms with Gasteiger partial charge in [0.1, 0.15) is 5.54 Å². The van der Waals surface area contributed by atoms with E-state index < -0.39 is 5.54 Å². The van der Waals surface area contributed by atoms with Crippen LogP contribution in [0.1, 0.15) is 47.8 Å². The lowest BCUT2D eigenvalue weighted by Gasteiger charge is -2.32. The maximum atomic E-state index is 13.4. The van der Waals surface area contributed by atoms with Crippen molar-refractivity contribution in [2.24, 2.45) is 5.73 Å². The molecular weight excluding hydrogens is 440 g/mol. The molecule has 0 radical (unpaired) electrons. The number of hydrogen-bond acceptors (Lipinski definition) is 4. The van der Waals surface area contributed by atoms with E-state index in [2.05, 4.69) is 38.7 Å². The van der Waals surface area contributed by atoms with Crippen molar-refractivity contribution in [3.05, 3.63) is 59.7 Å². The lowest BCUT2D eigenvalue weighted by molar-refractivity contribution is -0.150. The lowest BCUT2D eigenvalue weighted by Crippen LogP contribution is -2.52. The molecule has 35 heavy (non-hydrogen) atoms. The topological polar surface area (TPSA) is 91.3 Å². The van der Waals surface area contributed by atoms with E-state index in [0.29, 0.717) is 19.6 Å². The van der Waals surface area contributed by atoms with Crippen LogP contribution >= 0.6 is 0 Å². The molecule has 2 bridgehead atoms. The van der Waals surface area contributed by atoms with Crippen LogP contribution in [0.25, 0.3) is 43.6 Å². The van der Waals surface area contributed by atoms with Crippen molar-refractivity contribution in [2.45, 2.75) is 43.9 Å². The minimum absolute atomic E-state index is 0.0150. The summed E-state index contributed by atoms with van der Waals surface area (Å²) < 4.78 is 10.2. The molecule has 2 aromatic heterocycles. The fourth-order valence-corrected chi connectivity index (χ4v) is 7.31. The van der Waals surface area contributed by atoms with Crippen LogP contribution in [-0.2, 0) is 16.1 Å². The second-order valence-electron chi connectivity index (χ2n) is 10.1. The molecule has 3 aliphatic rings. The van der Waals surface area contributed by atoms with Gasteiger partial charge in [-0.25, -0.2) is 4.79 Å². The molecule has 3 N–H and O–H groups in total. The van der Waals surface area contributed by atoms with Crippen LogP contribution in [0.5, 0.6) is 0 Å². The number of carbonyl (C=O) groups excluding carboxylic acids is 2. The number of carbonyl (C=O) groups is 2. The minimum atomic E-state index is -1.14.